The summed E-state index contributed by atoms with van der Waals surface area (Å²) < 4.78 is 0.170. The van der Waals surface area contributed by atoms with Gasteiger partial charge in [0.05, 0.1) is 20.1 Å². The zero-order chi connectivity index (χ0) is 25.2. The van der Waals surface area contributed by atoms with Gasteiger partial charge in [-0.1, -0.05) is 109 Å². The van der Waals surface area contributed by atoms with E-state index in [1.807, 2.05) is 14.1 Å². The average Bonchev–Trinajstić information content (AvgIpc) is 2.78. The van der Waals surface area contributed by atoms with Crippen LogP contribution in [0.25, 0.3) is 0 Å². The van der Waals surface area contributed by atoms with Gasteiger partial charge in [-0.3, -0.25) is 0 Å². The van der Waals surface area contributed by atoms with E-state index < -0.39 is 18.1 Å². The molecular weight excluding hydrogens is 426 g/mol. The zero-order valence-corrected chi connectivity index (χ0v) is 22.1. The minimum atomic E-state index is -1.11. The molecule has 5 nitrogen and oxygen atoms in total. The lowest BCUT2D eigenvalue weighted by Crippen LogP contribution is -2.60. The van der Waals surface area contributed by atoms with Gasteiger partial charge in [-0.15, -0.1) is 0 Å². The standard InChI is InChI=1S/C29H51NO4/c1-4-5-6-7-8-9-10-11-12-13-14-15-16-17-18-27(32)24-30(2,3)28(29(33)34)23-25-19-21-26(31)22-20-25/h19-22,27-28,32H,4-18,23-24H2,1-3H3,(H-,31,33,34). The monoisotopic (exact) mass is 477 g/mol. The van der Waals surface area contributed by atoms with E-state index in [-0.39, 0.29) is 10.2 Å². The highest BCUT2D eigenvalue weighted by Gasteiger charge is 2.32. The number of carbonyl (C=O) groups is 1. The van der Waals surface area contributed by atoms with Gasteiger partial charge in [0.1, 0.15) is 24.4 Å². The number of phenols is 1. The Morgan fingerprint density at radius 2 is 1.26 bits per heavy atom. The number of rotatable bonds is 21. The summed E-state index contributed by atoms with van der Waals surface area (Å²) in [6.45, 7) is 2.65. The number of aliphatic hydroxyl groups excluding tert-OH is 1. The number of phenolic OH excluding ortho intramolecular Hbond substituents is 1. The van der Waals surface area contributed by atoms with Crippen LogP contribution in [0.2, 0.25) is 0 Å². The molecule has 0 aliphatic heterocycles. The second-order valence-electron chi connectivity index (χ2n) is 10.7. The van der Waals surface area contributed by atoms with Gasteiger partial charge < -0.3 is 24.6 Å². The predicted molar refractivity (Wildman–Crippen MR) is 139 cm³/mol. The first-order valence-electron chi connectivity index (χ1n) is 13.8. The van der Waals surface area contributed by atoms with Crippen molar-refractivity contribution in [1.29, 1.82) is 0 Å². The quantitative estimate of drug-likeness (QED) is 0.184. The van der Waals surface area contributed by atoms with Crippen LogP contribution >= 0.6 is 0 Å². The summed E-state index contributed by atoms with van der Waals surface area (Å²) in [6.07, 6.45) is 18.8. The number of nitrogens with zero attached hydrogens (tertiary/aromatic N) is 1. The fourth-order valence-corrected chi connectivity index (χ4v) is 4.81. The maximum Gasteiger partial charge on any atom is 0.133 e. The Labute approximate surface area is 208 Å². The number of aliphatic carboxylic acids is 1. The molecule has 0 spiro atoms. The van der Waals surface area contributed by atoms with Gasteiger partial charge in [0.15, 0.2) is 0 Å². The van der Waals surface area contributed by atoms with Gasteiger partial charge >= 0.3 is 0 Å². The van der Waals surface area contributed by atoms with Gasteiger partial charge in [0.2, 0.25) is 0 Å². The third kappa shape index (κ3) is 14.0. The Bertz CT molecular complexity index is 644. The van der Waals surface area contributed by atoms with Gasteiger partial charge in [-0.2, -0.15) is 0 Å². The molecule has 0 aliphatic carbocycles. The number of quaternary nitrogens is 1. The maximum absolute atomic E-state index is 11.8. The molecule has 2 atom stereocenters. The number of aliphatic hydroxyl groups is 1. The van der Waals surface area contributed by atoms with Crippen molar-refractivity contribution in [2.75, 3.05) is 20.6 Å². The molecule has 0 aliphatic rings. The van der Waals surface area contributed by atoms with Crippen LogP contribution in [0.5, 0.6) is 5.75 Å². The van der Waals surface area contributed by atoms with Crippen LogP contribution in [0.1, 0.15) is 109 Å². The maximum atomic E-state index is 11.8. The second-order valence-corrected chi connectivity index (χ2v) is 10.7. The van der Waals surface area contributed by atoms with Crippen molar-refractivity contribution in [2.45, 2.75) is 122 Å². The van der Waals surface area contributed by atoms with Crippen LogP contribution in [0.15, 0.2) is 24.3 Å². The van der Waals surface area contributed by atoms with Crippen molar-refractivity contribution in [3.05, 3.63) is 29.8 Å². The second kappa shape index (κ2) is 17.8. The molecule has 0 amide bonds. The van der Waals surface area contributed by atoms with Gasteiger partial charge in [0.25, 0.3) is 0 Å². The summed E-state index contributed by atoms with van der Waals surface area (Å²) in [5.41, 5.74) is 0.833. The molecule has 0 aromatic heterocycles. The lowest BCUT2D eigenvalue weighted by atomic mass is 10.0. The van der Waals surface area contributed by atoms with Crippen LogP contribution in [0.4, 0.5) is 0 Å². The van der Waals surface area contributed by atoms with Crippen molar-refractivity contribution < 1.29 is 24.6 Å². The summed E-state index contributed by atoms with van der Waals surface area (Å²) in [5, 5.41) is 31.8. The number of carboxylic acids is 1. The molecule has 5 heteroatoms. The molecule has 2 unspecified atom stereocenters. The first kappa shape index (κ1) is 30.4. The van der Waals surface area contributed by atoms with Gasteiger partial charge in [0, 0.05) is 6.42 Å². The SMILES string of the molecule is CCCCCCCCCCCCCCCCC(O)C[N+](C)(C)C(Cc1ccc(O)cc1)C(=O)[O-]. The van der Waals surface area contributed by atoms with Crippen molar-refractivity contribution >= 4 is 5.97 Å². The smallest absolute Gasteiger partial charge is 0.133 e. The van der Waals surface area contributed by atoms with Crippen LogP contribution in [0, 0.1) is 0 Å². The minimum Gasteiger partial charge on any atom is -0.544 e. The van der Waals surface area contributed by atoms with E-state index in [1.54, 1.807) is 24.3 Å². The molecule has 1 rings (SSSR count). The molecule has 196 valence electrons. The molecule has 0 saturated carbocycles. The average molecular weight is 478 g/mol. The van der Waals surface area contributed by atoms with E-state index in [4.69, 9.17) is 0 Å². The van der Waals surface area contributed by atoms with Crippen molar-refractivity contribution in [2.24, 2.45) is 0 Å². The first-order valence-corrected chi connectivity index (χ1v) is 13.8. The van der Waals surface area contributed by atoms with Crippen LogP contribution < -0.4 is 5.11 Å². The highest BCUT2D eigenvalue weighted by molar-refractivity contribution is 5.70. The number of carboxylic acid groups (broad SMARTS) is 1. The van der Waals surface area contributed by atoms with Crippen molar-refractivity contribution in [3.63, 3.8) is 0 Å². The fourth-order valence-electron chi connectivity index (χ4n) is 4.81. The number of carbonyl (C=O) groups excluding carboxylic acids is 1. The van der Waals surface area contributed by atoms with Gasteiger partial charge in [-0.25, -0.2) is 0 Å². The molecule has 2 N–H and O–H groups in total. The predicted octanol–water partition coefficient (Wildman–Crippen LogP) is 5.36. The molecular formula is C29H51NO4. The highest BCUT2D eigenvalue weighted by Crippen LogP contribution is 2.19. The fraction of sp³-hybridized carbons (Fsp3) is 0.759. The number of hydrogen-bond acceptors (Lipinski definition) is 4. The summed E-state index contributed by atoms with van der Waals surface area (Å²) in [5.74, 6) is -0.951. The molecule has 1 aromatic carbocycles. The summed E-state index contributed by atoms with van der Waals surface area (Å²) in [7, 11) is 3.69. The first-order chi connectivity index (χ1) is 16.3. The van der Waals surface area contributed by atoms with E-state index >= 15 is 0 Å². The Morgan fingerprint density at radius 1 is 0.824 bits per heavy atom. The van der Waals surface area contributed by atoms with Gasteiger partial charge in [-0.05, 0) is 24.1 Å². The largest absolute Gasteiger partial charge is 0.544 e. The lowest BCUT2D eigenvalue weighted by molar-refractivity contribution is -0.911. The Hall–Kier alpha value is -1.59. The topological polar surface area (TPSA) is 80.6 Å². The molecule has 34 heavy (non-hydrogen) atoms. The number of likely N-dealkylation sites (N-methyl/N-ethyl adjacent to an activating group) is 1. The van der Waals surface area contributed by atoms with E-state index in [0.717, 1.165) is 18.4 Å². The Morgan fingerprint density at radius 3 is 1.71 bits per heavy atom. The molecule has 0 fully saturated rings. The normalized spacial score (nSPS) is 13.6. The molecule has 0 saturated heterocycles. The van der Waals surface area contributed by atoms with E-state index in [1.165, 1.54) is 77.0 Å². The van der Waals surface area contributed by atoms with Crippen LogP contribution in [-0.4, -0.2) is 53.5 Å². The van der Waals surface area contributed by atoms with Crippen LogP contribution in [-0.2, 0) is 11.2 Å². The Kier molecular flexibility index (Phi) is 15.9. The summed E-state index contributed by atoms with van der Waals surface area (Å²) in [6, 6.07) is 5.83. The van der Waals surface area contributed by atoms with Crippen molar-refractivity contribution in [3.8, 4) is 5.75 Å². The third-order valence-corrected chi connectivity index (χ3v) is 7.05. The number of unbranched alkanes of at least 4 members (excludes halogenated alkanes) is 13. The zero-order valence-electron chi connectivity index (χ0n) is 22.1. The number of hydrogen-bond donors (Lipinski definition) is 2. The summed E-state index contributed by atoms with van der Waals surface area (Å²) >= 11 is 0. The van der Waals surface area contributed by atoms with E-state index in [2.05, 4.69) is 6.92 Å². The van der Waals surface area contributed by atoms with Crippen molar-refractivity contribution in [1.82, 2.24) is 0 Å². The van der Waals surface area contributed by atoms with Crippen LogP contribution in [0.3, 0.4) is 0 Å². The molecule has 0 heterocycles. The number of aromatic hydroxyl groups is 1. The van der Waals surface area contributed by atoms with E-state index in [0.29, 0.717) is 19.4 Å². The Balaban J connectivity index is 2.15. The molecule has 0 bridgehead atoms. The summed E-state index contributed by atoms with van der Waals surface area (Å²) in [4.78, 5) is 11.8. The minimum absolute atomic E-state index is 0.158. The lowest BCUT2D eigenvalue weighted by Gasteiger charge is -2.40. The molecule has 1 aromatic rings. The highest BCUT2D eigenvalue weighted by atomic mass is 16.4. The molecule has 0 radical (unpaired) electrons. The van der Waals surface area contributed by atoms with E-state index in [9.17, 15) is 20.1 Å². The number of benzene rings is 1. The third-order valence-electron chi connectivity index (χ3n) is 7.05.